The number of phosphoric acid groups is 1. The Labute approximate surface area is 270 Å². The zero-order valence-corrected chi connectivity index (χ0v) is 25.0. The Kier molecular flexibility index (Phi) is 9.54. The molecule has 2 aromatic heterocycles. The van der Waals surface area contributed by atoms with Crippen LogP contribution in [0.25, 0.3) is 44.6 Å². The third kappa shape index (κ3) is 7.70. The lowest BCUT2D eigenvalue weighted by atomic mass is 10.1. The number of phenols is 8. The van der Waals surface area contributed by atoms with Crippen LogP contribution in [-0.2, 0) is 4.57 Å². The van der Waals surface area contributed by atoms with Gasteiger partial charge in [0.05, 0.1) is 0 Å². The fourth-order valence-corrected chi connectivity index (χ4v) is 4.27. The monoisotopic (exact) mass is 702 g/mol. The molecule has 0 saturated heterocycles. The third-order valence-corrected chi connectivity index (χ3v) is 6.35. The first-order valence-corrected chi connectivity index (χ1v) is 14.6. The normalized spacial score (nSPS) is 11.0. The molecule has 6 rings (SSSR count). The molecule has 0 fully saturated rings. The number of aromatic hydroxyl groups is 10. The minimum atomic E-state index is -4.64. The van der Waals surface area contributed by atoms with Gasteiger partial charge in [-0.3, -0.25) is 9.59 Å². The number of phenolic OH excluding ortho intramolecular Hbond substituents is 8. The SMILES string of the molecule is O=P(O)(O)O.O=c1c(O)c(-c2ccc(O)c(O)c2)oc2cc(O)cc(O)c12.O=c1c(O)c(-c2ccc(O)c(O)c2)oc2cc(O)cc(O)c12. The van der Waals surface area contributed by atoms with Crippen LogP contribution in [0.4, 0.5) is 0 Å². The van der Waals surface area contributed by atoms with Gasteiger partial charge >= 0.3 is 7.82 Å². The second kappa shape index (κ2) is 13.3. The predicted octanol–water partition coefficient (Wildman–Crippen LogP) is 3.05. The third-order valence-electron chi connectivity index (χ3n) is 6.35. The van der Waals surface area contributed by atoms with E-state index in [9.17, 15) is 60.7 Å². The maximum absolute atomic E-state index is 12.1. The number of rotatable bonds is 2. The Bertz CT molecular complexity index is 2240. The van der Waals surface area contributed by atoms with Crippen molar-refractivity contribution in [2.24, 2.45) is 0 Å². The molecule has 2 heterocycles. The van der Waals surface area contributed by atoms with Crippen molar-refractivity contribution in [1.29, 1.82) is 0 Å². The molecule has 256 valence electrons. The largest absolute Gasteiger partial charge is 0.508 e. The minimum Gasteiger partial charge on any atom is -0.508 e. The van der Waals surface area contributed by atoms with Gasteiger partial charge in [-0.25, -0.2) is 4.57 Å². The van der Waals surface area contributed by atoms with Gasteiger partial charge in [-0.1, -0.05) is 0 Å². The smallest absolute Gasteiger partial charge is 0.466 e. The molecule has 0 amide bonds. The maximum atomic E-state index is 12.1. The fraction of sp³-hybridized carbons (Fsp3) is 0. The molecule has 13 N–H and O–H groups in total. The second-order valence-corrected chi connectivity index (χ2v) is 10.8. The summed E-state index contributed by atoms with van der Waals surface area (Å²) in [6, 6.07) is 11.3. The maximum Gasteiger partial charge on any atom is 0.466 e. The first-order valence-electron chi connectivity index (χ1n) is 13.0. The van der Waals surface area contributed by atoms with E-state index in [-0.39, 0.29) is 67.6 Å². The van der Waals surface area contributed by atoms with Gasteiger partial charge in [0.25, 0.3) is 0 Å². The van der Waals surface area contributed by atoms with E-state index in [2.05, 4.69) is 0 Å². The Morgan fingerprint density at radius 3 is 1.08 bits per heavy atom. The van der Waals surface area contributed by atoms with E-state index in [4.69, 9.17) is 28.1 Å². The number of hydrogen-bond donors (Lipinski definition) is 13. The lowest BCUT2D eigenvalue weighted by molar-refractivity contribution is 0.275. The molecule has 0 bridgehead atoms. The van der Waals surface area contributed by atoms with Crippen molar-refractivity contribution >= 4 is 29.8 Å². The van der Waals surface area contributed by atoms with E-state index in [1.54, 1.807) is 0 Å². The molecule has 0 aliphatic carbocycles. The molecule has 0 spiro atoms. The predicted molar refractivity (Wildman–Crippen MR) is 167 cm³/mol. The van der Waals surface area contributed by atoms with Crippen LogP contribution in [0.1, 0.15) is 0 Å². The van der Waals surface area contributed by atoms with E-state index < -0.39 is 53.2 Å². The number of hydrogen-bond acceptors (Lipinski definition) is 15. The highest BCUT2D eigenvalue weighted by Gasteiger charge is 2.21. The van der Waals surface area contributed by atoms with Crippen molar-refractivity contribution in [2.45, 2.75) is 0 Å². The molecular weight excluding hydrogens is 679 g/mol. The average molecular weight is 702 g/mol. The van der Waals surface area contributed by atoms with E-state index in [0.717, 1.165) is 48.5 Å². The van der Waals surface area contributed by atoms with E-state index in [1.807, 2.05) is 0 Å². The summed E-state index contributed by atoms with van der Waals surface area (Å²) in [5.74, 6) is -5.43. The highest BCUT2D eigenvalue weighted by atomic mass is 31.2. The molecule has 0 aliphatic rings. The quantitative estimate of drug-likeness (QED) is 0.0910. The molecule has 18 nitrogen and oxygen atoms in total. The summed E-state index contributed by atoms with van der Waals surface area (Å²) in [5, 5.41) is 95.3. The molecule has 4 aromatic carbocycles. The van der Waals surface area contributed by atoms with Crippen LogP contribution in [0.2, 0.25) is 0 Å². The number of fused-ring (bicyclic) bond motifs is 2. The first-order chi connectivity index (χ1) is 22.8. The van der Waals surface area contributed by atoms with Gasteiger partial charge in [-0.05, 0) is 36.4 Å². The van der Waals surface area contributed by atoms with Gasteiger partial charge in [0.1, 0.15) is 44.9 Å². The van der Waals surface area contributed by atoms with Crippen molar-refractivity contribution in [3.63, 3.8) is 0 Å². The summed E-state index contributed by atoms with van der Waals surface area (Å²) < 4.78 is 19.6. The molecule has 0 atom stereocenters. The van der Waals surface area contributed by atoms with E-state index in [1.165, 1.54) is 12.1 Å². The number of benzene rings is 4. The summed E-state index contributed by atoms with van der Waals surface area (Å²) in [7, 11) is -4.64. The molecule has 0 aliphatic heterocycles. The molecular formula is C30H23O18P. The van der Waals surface area contributed by atoms with Crippen molar-refractivity contribution in [3.05, 3.63) is 81.1 Å². The fourth-order valence-electron chi connectivity index (χ4n) is 4.27. The van der Waals surface area contributed by atoms with Crippen LogP contribution in [0, 0.1) is 0 Å². The Balaban J connectivity index is 0.000000194. The summed E-state index contributed by atoms with van der Waals surface area (Å²) in [4.78, 5) is 45.8. The van der Waals surface area contributed by atoms with Crippen LogP contribution < -0.4 is 10.9 Å². The lowest BCUT2D eigenvalue weighted by Crippen LogP contribution is -2.02. The van der Waals surface area contributed by atoms with Crippen molar-refractivity contribution < 1.29 is 79.1 Å². The van der Waals surface area contributed by atoms with Crippen LogP contribution in [0.15, 0.2) is 79.1 Å². The zero-order chi connectivity index (χ0) is 36.5. The van der Waals surface area contributed by atoms with Crippen LogP contribution >= 0.6 is 7.82 Å². The standard InChI is InChI=1S/2C15H10O7.H3O4P/c2*16-7-4-10(19)12-11(5-7)22-15(14(21)13(12)20)6-1-2-8(17)9(18)3-6;1-5(2,3)4/h2*1-5,16-19,21H;(H3,1,2,3,4). The first kappa shape index (κ1) is 35.3. The molecule has 6 aromatic rings. The molecule has 19 heteroatoms. The molecule has 0 radical (unpaired) electrons. The highest BCUT2D eigenvalue weighted by molar-refractivity contribution is 7.45. The van der Waals surface area contributed by atoms with Gasteiger partial charge < -0.3 is 74.6 Å². The lowest BCUT2D eigenvalue weighted by Gasteiger charge is -2.08. The van der Waals surface area contributed by atoms with Crippen molar-refractivity contribution in [3.8, 4) is 80.1 Å². The van der Waals surface area contributed by atoms with E-state index in [0.29, 0.717) is 0 Å². The zero-order valence-electron chi connectivity index (χ0n) is 24.1. The van der Waals surface area contributed by atoms with Crippen molar-refractivity contribution in [1.82, 2.24) is 0 Å². The van der Waals surface area contributed by atoms with Gasteiger partial charge in [-0.2, -0.15) is 0 Å². The Morgan fingerprint density at radius 1 is 0.449 bits per heavy atom. The summed E-state index contributed by atoms with van der Waals surface area (Å²) in [6.07, 6.45) is 0. The van der Waals surface area contributed by atoms with Crippen LogP contribution in [0.3, 0.4) is 0 Å². The Hall–Kier alpha value is -6.59. The summed E-state index contributed by atoms with van der Waals surface area (Å²) in [5.41, 5.74) is -1.78. The topological polar surface area (TPSA) is 340 Å². The highest BCUT2D eigenvalue weighted by Crippen LogP contribution is 2.39. The molecule has 49 heavy (non-hydrogen) atoms. The second-order valence-electron chi connectivity index (χ2n) is 9.81. The van der Waals surface area contributed by atoms with E-state index >= 15 is 0 Å². The van der Waals surface area contributed by atoms with Gasteiger partial charge in [0, 0.05) is 35.4 Å². The molecule has 0 unspecified atom stereocenters. The van der Waals surface area contributed by atoms with Crippen LogP contribution in [-0.4, -0.2) is 65.7 Å². The summed E-state index contributed by atoms with van der Waals surface area (Å²) >= 11 is 0. The Morgan fingerprint density at radius 2 is 0.776 bits per heavy atom. The van der Waals surface area contributed by atoms with Gasteiger partial charge in [0.15, 0.2) is 34.5 Å². The van der Waals surface area contributed by atoms with Crippen molar-refractivity contribution in [2.75, 3.05) is 0 Å². The van der Waals surface area contributed by atoms with Crippen LogP contribution in [0.5, 0.6) is 57.5 Å². The molecule has 0 saturated carbocycles. The average Bonchev–Trinajstić information content (AvgIpc) is 2.98. The summed E-state index contributed by atoms with van der Waals surface area (Å²) in [6.45, 7) is 0. The van der Waals surface area contributed by atoms with Gasteiger partial charge in [0.2, 0.25) is 22.4 Å². The minimum absolute atomic E-state index is 0.134. The van der Waals surface area contributed by atoms with Gasteiger partial charge in [-0.15, -0.1) is 0 Å².